The SMILES string of the molecule is COc1cccc(CNC[C@@H](O)[C@H](Cc2ccccc2)NC(=O)c2cccc(C(=O)N3CCCC[C@@H]3c3nc(C)cs3)c2)c1. The average molecular weight is 613 g/mol. The second-order valence-corrected chi connectivity index (χ2v) is 12.1. The van der Waals surface area contributed by atoms with E-state index in [4.69, 9.17) is 4.74 Å². The smallest absolute Gasteiger partial charge is 0.254 e. The quantitative estimate of drug-likeness (QED) is 0.200. The molecule has 3 N–H and O–H groups in total. The van der Waals surface area contributed by atoms with Crippen molar-refractivity contribution in [1.82, 2.24) is 20.5 Å². The van der Waals surface area contributed by atoms with Crippen LogP contribution < -0.4 is 15.4 Å². The summed E-state index contributed by atoms with van der Waals surface area (Å²) in [6.07, 6.45) is 2.47. The third-order valence-electron chi connectivity index (χ3n) is 7.95. The summed E-state index contributed by atoms with van der Waals surface area (Å²) in [5.74, 6) is 0.340. The predicted molar refractivity (Wildman–Crippen MR) is 173 cm³/mol. The van der Waals surface area contributed by atoms with E-state index in [0.717, 1.165) is 46.8 Å². The lowest BCUT2D eigenvalue weighted by molar-refractivity contribution is 0.0611. The van der Waals surface area contributed by atoms with Crippen LogP contribution in [0.1, 0.15) is 67.8 Å². The zero-order valence-corrected chi connectivity index (χ0v) is 26.1. The molecule has 0 aliphatic carbocycles. The number of nitrogens with zero attached hydrogens (tertiary/aromatic N) is 2. The molecule has 0 unspecified atom stereocenters. The van der Waals surface area contributed by atoms with Crippen molar-refractivity contribution < 1.29 is 19.4 Å². The fourth-order valence-electron chi connectivity index (χ4n) is 5.61. The van der Waals surface area contributed by atoms with Gasteiger partial charge in [-0.2, -0.15) is 0 Å². The number of hydrogen-bond donors (Lipinski definition) is 3. The summed E-state index contributed by atoms with van der Waals surface area (Å²) in [7, 11) is 1.63. The maximum Gasteiger partial charge on any atom is 0.254 e. The first kappa shape index (κ1) is 31.4. The van der Waals surface area contributed by atoms with E-state index in [0.29, 0.717) is 30.6 Å². The molecule has 0 bridgehead atoms. The molecule has 1 aliphatic heterocycles. The fourth-order valence-corrected chi connectivity index (χ4v) is 6.55. The number of rotatable bonds is 12. The molecule has 3 atom stereocenters. The summed E-state index contributed by atoms with van der Waals surface area (Å²) >= 11 is 1.59. The molecular weight excluding hydrogens is 572 g/mol. The Morgan fingerprint density at radius 2 is 1.80 bits per heavy atom. The minimum Gasteiger partial charge on any atom is -0.497 e. The number of methoxy groups -OCH3 is 1. The van der Waals surface area contributed by atoms with Crippen LogP contribution in [0.3, 0.4) is 0 Å². The Balaban J connectivity index is 1.28. The maximum absolute atomic E-state index is 13.7. The molecule has 1 aromatic heterocycles. The number of piperidine rings is 1. The number of thiazole rings is 1. The second-order valence-electron chi connectivity index (χ2n) is 11.2. The Morgan fingerprint density at radius 3 is 2.57 bits per heavy atom. The van der Waals surface area contributed by atoms with Gasteiger partial charge in [0.2, 0.25) is 0 Å². The Hall–Kier alpha value is -4.05. The Labute approximate surface area is 263 Å². The topological polar surface area (TPSA) is 104 Å². The summed E-state index contributed by atoms with van der Waals surface area (Å²) < 4.78 is 5.31. The Bertz CT molecular complexity index is 1540. The van der Waals surface area contributed by atoms with Crippen molar-refractivity contribution in [3.63, 3.8) is 0 Å². The molecule has 230 valence electrons. The molecule has 1 aliphatic rings. The van der Waals surface area contributed by atoms with Gasteiger partial charge >= 0.3 is 0 Å². The van der Waals surface area contributed by atoms with Crippen molar-refractivity contribution in [3.05, 3.63) is 117 Å². The Kier molecular flexibility index (Phi) is 10.8. The highest BCUT2D eigenvalue weighted by Gasteiger charge is 2.31. The number of aryl methyl sites for hydroxylation is 1. The van der Waals surface area contributed by atoms with Gasteiger partial charge in [0.15, 0.2) is 0 Å². The number of likely N-dealkylation sites (tertiary alicyclic amines) is 1. The molecule has 4 aromatic rings. The standard InChI is InChI=1S/C35H40N4O4S/c1-24-23-44-34(37-24)31-16-6-7-17-39(31)35(42)28-14-9-13-27(20-28)33(41)38-30(19-25-10-4-3-5-11-25)32(40)22-36-21-26-12-8-15-29(18-26)43-2/h3-5,8-15,18,20,23,30-32,36,40H,6-7,16-17,19,21-22H2,1-2H3,(H,38,41)/t30-,31+,32+/m0/s1. The van der Waals surface area contributed by atoms with Crippen LogP contribution in [0.15, 0.2) is 84.2 Å². The number of hydrogen-bond acceptors (Lipinski definition) is 7. The van der Waals surface area contributed by atoms with Gasteiger partial charge in [-0.25, -0.2) is 4.98 Å². The van der Waals surface area contributed by atoms with Gasteiger partial charge in [-0.05, 0) is 74.1 Å². The van der Waals surface area contributed by atoms with E-state index in [9.17, 15) is 14.7 Å². The highest BCUT2D eigenvalue weighted by atomic mass is 32.1. The molecule has 2 amide bonds. The van der Waals surface area contributed by atoms with Crippen LogP contribution in [0, 0.1) is 6.92 Å². The number of aromatic nitrogens is 1. The molecule has 0 saturated carbocycles. The molecular formula is C35H40N4O4S. The minimum atomic E-state index is -0.856. The van der Waals surface area contributed by atoms with Crippen LogP contribution in [-0.2, 0) is 13.0 Å². The van der Waals surface area contributed by atoms with Crippen molar-refractivity contribution in [2.24, 2.45) is 0 Å². The van der Waals surface area contributed by atoms with Crippen molar-refractivity contribution in [2.75, 3.05) is 20.2 Å². The number of carbonyl (C=O) groups excluding carboxylic acids is 2. The van der Waals surface area contributed by atoms with Crippen LogP contribution in [0.5, 0.6) is 5.75 Å². The van der Waals surface area contributed by atoms with Crippen LogP contribution in [0.4, 0.5) is 0 Å². The van der Waals surface area contributed by atoms with Crippen LogP contribution in [0.2, 0.25) is 0 Å². The third kappa shape index (κ3) is 8.11. The molecule has 0 radical (unpaired) electrons. The first-order valence-electron chi connectivity index (χ1n) is 15.1. The van der Waals surface area contributed by atoms with Gasteiger partial charge < -0.3 is 25.4 Å². The molecule has 2 heterocycles. The van der Waals surface area contributed by atoms with Gasteiger partial charge in [-0.3, -0.25) is 9.59 Å². The molecule has 0 spiro atoms. The van der Waals surface area contributed by atoms with Gasteiger partial charge in [0.05, 0.1) is 25.3 Å². The van der Waals surface area contributed by atoms with E-state index < -0.39 is 12.1 Å². The van der Waals surface area contributed by atoms with E-state index >= 15 is 0 Å². The molecule has 1 saturated heterocycles. The first-order chi connectivity index (χ1) is 21.4. The third-order valence-corrected chi connectivity index (χ3v) is 9.02. The lowest BCUT2D eigenvalue weighted by Gasteiger charge is -2.34. The number of ether oxygens (including phenoxy) is 1. The van der Waals surface area contributed by atoms with E-state index in [1.54, 1.807) is 42.7 Å². The van der Waals surface area contributed by atoms with Crippen molar-refractivity contribution in [2.45, 2.75) is 57.3 Å². The largest absolute Gasteiger partial charge is 0.497 e. The minimum absolute atomic E-state index is 0.0534. The monoisotopic (exact) mass is 612 g/mol. The number of aliphatic hydroxyl groups excluding tert-OH is 1. The normalized spacial score (nSPS) is 16.2. The Morgan fingerprint density at radius 1 is 1.02 bits per heavy atom. The van der Waals surface area contributed by atoms with E-state index in [1.807, 2.05) is 71.8 Å². The fraction of sp³-hybridized carbons (Fsp3) is 0.343. The van der Waals surface area contributed by atoms with E-state index in [1.165, 1.54) is 0 Å². The van der Waals surface area contributed by atoms with Gasteiger partial charge in [0.1, 0.15) is 10.8 Å². The first-order valence-corrected chi connectivity index (χ1v) is 16.0. The van der Waals surface area contributed by atoms with Crippen LogP contribution >= 0.6 is 11.3 Å². The second kappa shape index (κ2) is 15.1. The molecule has 3 aromatic carbocycles. The highest BCUT2D eigenvalue weighted by molar-refractivity contribution is 7.09. The van der Waals surface area contributed by atoms with Gasteiger partial charge in [-0.15, -0.1) is 11.3 Å². The lowest BCUT2D eigenvalue weighted by atomic mass is 9.99. The molecule has 5 rings (SSSR count). The van der Waals surface area contributed by atoms with Gasteiger partial charge in [0, 0.05) is 41.8 Å². The van der Waals surface area contributed by atoms with E-state index in [2.05, 4.69) is 15.6 Å². The predicted octanol–water partition coefficient (Wildman–Crippen LogP) is 5.32. The van der Waals surface area contributed by atoms with Crippen molar-refractivity contribution in [1.29, 1.82) is 0 Å². The van der Waals surface area contributed by atoms with Gasteiger partial charge in [-0.1, -0.05) is 48.5 Å². The summed E-state index contributed by atoms with van der Waals surface area (Å²) in [5, 5.41) is 20.6. The lowest BCUT2D eigenvalue weighted by Crippen LogP contribution is -2.48. The van der Waals surface area contributed by atoms with E-state index in [-0.39, 0.29) is 24.4 Å². The van der Waals surface area contributed by atoms with Crippen LogP contribution in [0.25, 0.3) is 0 Å². The zero-order chi connectivity index (χ0) is 30.9. The number of nitrogens with one attached hydrogen (secondary N) is 2. The maximum atomic E-state index is 13.7. The molecule has 1 fully saturated rings. The average Bonchev–Trinajstić information content (AvgIpc) is 3.50. The summed E-state index contributed by atoms with van der Waals surface area (Å²) in [5.41, 5.74) is 3.84. The molecule has 9 heteroatoms. The highest BCUT2D eigenvalue weighted by Crippen LogP contribution is 2.34. The number of benzene rings is 3. The van der Waals surface area contributed by atoms with Crippen molar-refractivity contribution in [3.8, 4) is 5.75 Å². The van der Waals surface area contributed by atoms with Crippen LogP contribution in [-0.4, -0.2) is 59.1 Å². The van der Waals surface area contributed by atoms with Crippen molar-refractivity contribution >= 4 is 23.2 Å². The molecule has 8 nitrogen and oxygen atoms in total. The number of carbonyl (C=O) groups is 2. The van der Waals surface area contributed by atoms with Gasteiger partial charge in [0.25, 0.3) is 11.8 Å². The summed E-state index contributed by atoms with van der Waals surface area (Å²) in [6.45, 7) is 3.45. The summed E-state index contributed by atoms with van der Waals surface area (Å²) in [6, 6.07) is 23.8. The zero-order valence-electron chi connectivity index (χ0n) is 25.2. The number of amides is 2. The molecule has 44 heavy (non-hydrogen) atoms. The summed E-state index contributed by atoms with van der Waals surface area (Å²) in [4.78, 5) is 33.9. The number of aliphatic hydroxyl groups is 1.